The first-order valence-corrected chi connectivity index (χ1v) is 12.3. The van der Waals surface area contributed by atoms with Crippen molar-refractivity contribution in [3.8, 4) is 5.75 Å². The molecule has 206 valence electrons. The Kier molecular flexibility index (Phi) is 9.73. The number of ether oxygens (including phenoxy) is 2. The second-order valence-electron chi connectivity index (χ2n) is 8.85. The predicted octanol–water partition coefficient (Wildman–Crippen LogP) is 3.45. The fraction of sp³-hybridized carbons (Fsp3) is 0.444. The smallest absolute Gasteiger partial charge is 0.417 e. The van der Waals surface area contributed by atoms with Crippen LogP contribution < -0.4 is 4.74 Å². The molecule has 0 N–H and O–H groups in total. The van der Waals surface area contributed by atoms with Crippen LogP contribution in [0.4, 0.5) is 13.2 Å². The molecule has 3 rings (SSSR count). The summed E-state index contributed by atoms with van der Waals surface area (Å²) in [5.41, 5.74) is -0.834. The quantitative estimate of drug-likeness (QED) is 0.492. The van der Waals surface area contributed by atoms with Crippen LogP contribution in [0.2, 0.25) is 0 Å². The number of methoxy groups -OCH3 is 1. The van der Waals surface area contributed by atoms with Gasteiger partial charge in [0.05, 0.1) is 24.3 Å². The van der Waals surface area contributed by atoms with Crippen LogP contribution in [0.1, 0.15) is 35.3 Å². The second kappa shape index (κ2) is 12.8. The van der Waals surface area contributed by atoms with Crippen molar-refractivity contribution >= 4 is 17.7 Å². The number of benzene rings is 2. The lowest BCUT2D eigenvalue weighted by Crippen LogP contribution is -2.42. The Morgan fingerprint density at radius 1 is 1.03 bits per heavy atom. The first-order valence-electron chi connectivity index (χ1n) is 12.3. The van der Waals surface area contributed by atoms with Gasteiger partial charge < -0.3 is 24.2 Å². The molecule has 1 aliphatic heterocycles. The van der Waals surface area contributed by atoms with Gasteiger partial charge in [0.15, 0.2) is 0 Å². The van der Waals surface area contributed by atoms with E-state index in [9.17, 15) is 27.6 Å². The van der Waals surface area contributed by atoms with Crippen LogP contribution in [0, 0.1) is 0 Å². The topological polar surface area (TPSA) is 79.4 Å². The maximum Gasteiger partial charge on any atom is 0.417 e. The third-order valence-electron chi connectivity index (χ3n) is 6.37. The zero-order valence-electron chi connectivity index (χ0n) is 21.7. The molecule has 0 spiro atoms. The van der Waals surface area contributed by atoms with E-state index < -0.39 is 41.8 Å². The van der Waals surface area contributed by atoms with Crippen molar-refractivity contribution in [3.05, 3.63) is 65.2 Å². The van der Waals surface area contributed by atoms with E-state index in [1.54, 1.807) is 29.2 Å². The highest BCUT2D eigenvalue weighted by Crippen LogP contribution is 2.32. The molecule has 11 heteroatoms. The molecule has 2 aromatic carbocycles. The predicted molar refractivity (Wildman–Crippen MR) is 133 cm³/mol. The highest BCUT2D eigenvalue weighted by Gasteiger charge is 2.38. The number of carbonyl (C=O) groups is 3. The van der Waals surface area contributed by atoms with E-state index in [-0.39, 0.29) is 32.1 Å². The van der Waals surface area contributed by atoms with Gasteiger partial charge in [0.2, 0.25) is 11.8 Å². The fourth-order valence-corrected chi connectivity index (χ4v) is 4.29. The van der Waals surface area contributed by atoms with Crippen molar-refractivity contribution < 1.29 is 37.0 Å². The van der Waals surface area contributed by atoms with Crippen LogP contribution >= 0.6 is 0 Å². The molecule has 0 aliphatic carbocycles. The van der Waals surface area contributed by atoms with Crippen molar-refractivity contribution in [2.45, 2.75) is 32.7 Å². The number of amides is 3. The average Bonchev–Trinajstić information content (AvgIpc) is 3.06. The van der Waals surface area contributed by atoms with Gasteiger partial charge in [-0.2, -0.15) is 13.2 Å². The van der Waals surface area contributed by atoms with Crippen LogP contribution in [0.25, 0.3) is 0 Å². The van der Waals surface area contributed by atoms with Crippen LogP contribution in [0.3, 0.4) is 0 Å². The Bertz CT molecular complexity index is 1120. The molecular formula is C27H32F3N3O5. The molecule has 0 unspecified atom stereocenters. The molecule has 0 radical (unpaired) electrons. The molecule has 0 aromatic heterocycles. The van der Waals surface area contributed by atoms with Gasteiger partial charge in [0.1, 0.15) is 18.9 Å². The number of hydrogen-bond donors (Lipinski definition) is 0. The van der Waals surface area contributed by atoms with E-state index in [1.807, 2.05) is 13.8 Å². The van der Waals surface area contributed by atoms with Crippen LogP contribution in [0.15, 0.2) is 48.5 Å². The zero-order chi connectivity index (χ0) is 27.9. The van der Waals surface area contributed by atoms with E-state index in [0.29, 0.717) is 18.8 Å². The number of rotatable bonds is 9. The van der Waals surface area contributed by atoms with E-state index >= 15 is 0 Å². The summed E-state index contributed by atoms with van der Waals surface area (Å²) in [4.78, 5) is 43.2. The van der Waals surface area contributed by atoms with Crippen molar-refractivity contribution in [1.29, 1.82) is 0 Å². The lowest BCUT2D eigenvalue weighted by Gasteiger charge is -2.26. The van der Waals surface area contributed by atoms with Gasteiger partial charge in [0, 0.05) is 32.7 Å². The largest absolute Gasteiger partial charge is 0.497 e. The minimum absolute atomic E-state index is 0.0566. The maximum atomic E-state index is 13.6. The van der Waals surface area contributed by atoms with Gasteiger partial charge in [-0.05, 0) is 43.7 Å². The van der Waals surface area contributed by atoms with Gasteiger partial charge in [-0.1, -0.05) is 24.3 Å². The van der Waals surface area contributed by atoms with Crippen LogP contribution in [-0.2, 0) is 27.0 Å². The molecule has 1 atom stereocenters. The van der Waals surface area contributed by atoms with Gasteiger partial charge in [0.25, 0.3) is 5.91 Å². The summed E-state index contributed by atoms with van der Waals surface area (Å²) in [6, 6.07) is 11.5. The lowest BCUT2D eigenvalue weighted by molar-refractivity contribution is -0.139. The summed E-state index contributed by atoms with van der Waals surface area (Å²) in [7, 11) is 1.54. The molecule has 1 aliphatic rings. The lowest BCUT2D eigenvalue weighted by atomic mass is 10.1. The van der Waals surface area contributed by atoms with E-state index in [0.717, 1.165) is 22.6 Å². The molecule has 1 heterocycles. The van der Waals surface area contributed by atoms with Crippen molar-refractivity contribution in [2.75, 3.05) is 46.4 Å². The average molecular weight is 536 g/mol. The molecule has 2 aromatic rings. The molecule has 0 bridgehead atoms. The van der Waals surface area contributed by atoms with Gasteiger partial charge in [-0.15, -0.1) is 0 Å². The monoisotopic (exact) mass is 535 g/mol. The summed E-state index contributed by atoms with van der Waals surface area (Å²) < 4.78 is 51.8. The Hall–Kier alpha value is -3.60. The van der Waals surface area contributed by atoms with Gasteiger partial charge >= 0.3 is 6.18 Å². The van der Waals surface area contributed by atoms with E-state index in [1.165, 1.54) is 24.1 Å². The summed E-state index contributed by atoms with van der Waals surface area (Å²) >= 11 is 0. The molecule has 0 saturated carbocycles. The Labute approximate surface area is 219 Å². The molecular weight excluding hydrogens is 503 g/mol. The molecule has 1 saturated heterocycles. The SMILES string of the molecule is CCN(CC)C(=O)CO[C@@H]1CN(Cc2ccc(OC)cc2)C(=O)CN(C(=O)c2ccccc2C(F)(F)F)C1. The standard InChI is InChI=1S/C27H32F3N3O5/c1-4-31(5-2)25(35)18-38-21-15-32(14-19-10-12-20(37-3)13-11-19)24(34)17-33(16-21)26(36)22-8-6-7-9-23(22)27(28,29)30/h6-13,21H,4-5,14-18H2,1-3H3/t21-/m1/s1. The zero-order valence-corrected chi connectivity index (χ0v) is 21.7. The number of alkyl halides is 3. The molecule has 8 nitrogen and oxygen atoms in total. The van der Waals surface area contributed by atoms with Crippen molar-refractivity contribution in [3.63, 3.8) is 0 Å². The maximum absolute atomic E-state index is 13.6. The number of halogens is 3. The number of nitrogens with zero attached hydrogens (tertiary/aromatic N) is 3. The Morgan fingerprint density at radius 2 is 1.68 bits per heavy atom. The Morgan fingerprint density at radius 3 is 2.29 bits per heavy atom. The third-order valence-corrected chi connectivity index (χ3v) is 6.37. The number of carbonyl (C=O) groups excluding carboxylic acids is 3. The Balaban J connectivity index is 1.86. The molecule has 1 fully saturated rings. The van der Waals surface area contributed by atoms with Crippen molar-refractivity contribution in [1.82, 2.24) is 14.7 Å². The van der Waals surface area contributed by atoms with Crippen LogP contribution in [-0.4, -0.2) is 85.0 Å². The van der Waals surface area contributed by atoms with E-state index in [2.05, 4.69) is 0 Å². The fourth-order valence-electron chi connectivity index (χ4n) is 4.29. The van der Waals surface area contributed by atoms with Crippen LogP contribution in [0.5, 0.6) is 5.75 Å². The van der Waals surface area contributed by atoms with Crippen molar-refractivity contribution in [2.24, 2.45) is 0 Å². The van der Waals surface area contributed by atoms with Gasteiger partial charge in [-0.3, -0.25) is 14.4 Å². The highest BCUT2D eigenvalue weighted by atomic mass is 19.4. The normalized spacial score (nSPS) is 16.3. The summed E-state index contributed by atoms with van der Waals surface area (Å²) in [5, 5.41) is 0. The number of likely N-dealkylation sites (N-methyl/N-ethyl adjacent to an activating group) is 1. The first kappa shape index (κ1) is 29.0. The minimum atomic E-state index is -4.74. The number of hydrogen-bond acceptors (Lipinski definition) is 5. The summed E-state index contributed by atoms with van der Waals surface area (Å²) in [6.45, 7) is 4.04. The highest BCUT2D eigenvalue weighted by molar-refractivity contribution is 5.98. The first-order chi connectivity index (χ1) is 18.1. The van der Waals surface area contributed by atoms with E-state index in [4.69, 9.17) is 9.47 Å². The molecule has 3 amide bonds. The van der Waals surface area contributed by atoms with Gasteiger partial charge in [-0.25, -0.2) is 0 Å². The minimum Gasteiger partial charge on any atom is -0.497 e. The molecule has 38 heavy (non-hydrogen) atoms. The second-order valence-corrected chi connectivity index (χ2v) is 8.85. The summed E-state index contributed by atoms with van der Waals surface area (Å²) in [5.74, 6) is -0.985. The summed E-state index contributed by atoms with van der Waals surface area (Å²) in [6.07, 6.45) is -5.53. The third kappa shape index (κ3) is 7.25.